The molecule has 0 N–H and O–H groups in total. The first-order chi connectivity index (χ1) is 5.64. The summed E-state index contributed by atoms with van der Waals surface area (Å²) in [4.78, 5) is 0. The van der Waals surface area contributed by atoms with Gasteiger partial charge in [-0.15, -0.1) is 0 Å². The minimum atomic E-state index is 0.0176. The van der Waals surface area contributed by atoms with Crippen LogP contribution in [0, 0.1) is 5.92 Å². The molecular formula is C10H19BrO. The van der Waals surface area contributed by atoms with Crippen molar-refractivity contribution in [1.29, 1.82) is 0 Å². The highest BCUT2D eigenvalue weighted by Crippen LogP contribution is 2.29. The number of hydrogen-bond donors (Lipinski definition) is 0. The van der Waals surface area contributed by atoms with Gasteiger partial charge in [0.25, 0.3) is 0 Å². The molecule has 0 heterocycles. The van der Waals surface area contributed by atoms with Gasteiger partial charge in [-0.05, 0) is 26.2 Å². The molecule has 12 heavy (non-hydrogen) atoms. The van der Waals surface area contributed by atoms with Crippen LogP contribution >= 0.6 is 15.9 Å². The van der Waals surface area contributed by atoms with Crippen molar-refractivity contribution >= 4 is 15.9 Å². The topological polar surface area (TPSA) is 9.23 Å². The summed E-state index contributed by atoms with van der Waals surface area (Å²) in [6.07, 6.45) is 5.55. The van der Waals surface area contributed by atoms with Crippen LogP contribution in [0.4, 0.5) is 0 Å². The minimum Gasteiger partial charge on any atom is -0.375 e. The van der Waals surface area contributed by atoms with E-state index in [9.17, 15) is 0 Å². The second-order valence-corrected chi connectivity index (χ2v) is 4.89. The van der Waals surface area contributed by atoms with E-state index in [4.69, 9.17) is 4.74 Å². The normalized spacial score (nSPS) is 19.2. The molecule has 1 aliphatic rings. The van der Waals surface area contributed by atoms with Gasteiger partial charge in [-0.3, -0.25) is 0 Å². The van der Waals surface area contributed by atoms with E-state index in [2.05, 4.69) is 29.8 Å². The molecule has 0 bridgehead atoms. The molecule has 2 heteroatoms. The average Bonchev–Trinajstić information content (AvgIpc) is 1.95. The fourth-order valence-electron chi connectivity index (χ4n) is 1.32. The molecule has 0 saturated heterocycles. The Balaban J connectivity index is 2.00. The number of alkyl halides is 1. The number of ether oxygens (including phenoxy) is 1. The summed E-state index contributed by atoms with van der Waals surface area (Å²) < 4.78 is 5.74. The maximum Gasteiger partial charge on any atom is 0.0722 e. The van der Waals surface area contributed by atoms with Crippen LogP contribution in [-0.4, -0.2) is 17.5 Å². The summed E-state index contributed by atoms with van der Waals surface area (Å²) in [6.45, 7) is 5.19. The fraction of sp³-hybridized carbons (Fsp3) is 1.00. The SMILES string of the molecule is CC(C)(CBr)OCCC1CCC1. The summed E-state index contributed by atoms with van der Waals surface area (Å²) in [7, 11) is 0. The highest BCUT2D eigenvalue weighted by molar-refractivity contribution is 9.09. The van der Waals surface area contributed by atoms with Crippen LogP contribution in [0.1, 0.15) is 39.5 Å². The van der Waals surface area contributed by atoms with E-state index in [0.717, 1.165) is 17.9 Å². The Morgan fingerprint density at radius 2 is 2.08 bits per heavy atom. The van der Waals surface area contributed by atoms with Crippen molar-refractivity contribution in [2.75, 3.05) is 11.9 Å². The van der Waals surface area contributed by atoms with E-state index in [1.165, 1.54) is 25.7 Å². The van der Waals surface area contributed by atoms with Crippen LogP contribution in [0.5, 0.6) is 0 Å². The van der Waals surface area contributed by atoms with E-state index in [0.29, 0.717) is 0 Å². The van der Waals surface area contributed by atoms with Gasteiger partial charge in [0, 0.05) is 11.9 Å². The highest BCUT2D eigenvalue weighted by atomic mass is 79.9. The zero-order chi connectivity index (χ0) is 9.03. The molecule has 0 atom stereocenters. The van der Waals surface area contributed by atoms with Gasteiger partial charge in [-0.2, -0.15) is 0 Å². The lowest BCUT2D eigenvalue weighted by Crippen LogP contribution is -2.28. The lowest BCUT2D eigenvalue weighted by atomic mass is 9.83. The molecule has 0 spiro atoms. The van der Waals surface area contributed by atoms with E-state index >= 15 is 0 Å². The zero-order valence-electron chi connectivity index (χ0n) is 8.11. The molecule has 0 unspecified atom stereocenters. The van der Waals surface area contributed by atoms with Gasteiger partial charge < -0.3 is 4.74 Å². The van der Waals surface area contributed by atoms with E-state index in [1.807, 2.05) is 0 Å². The standard InChI is InChI=1S/C10H19BrO/c1-10(2,8-11)12-7-6-9-4-3-5-9/h9H,3-8H2,1-2H3. The summed E-state index contributed by atoms with van der Waals surface area (Å²) in [5.41, 5.74) is 0.0176. The van der Waals surface area contributed by atoms with Gasteiger partial charge >= 0.3 is 0 Å². The third kappa shape index (κ3) is 3.44. The predicted octanol–water partition coefficient (Wildman–Crippen LogP) is 3.37. The third-order valence-corrected chi connectivity index (χ3v) is 3.92. The van der Waals surface area contributed by atoms with Gasteiger partial charge in [0.05, 0.1) is 5.60 Å². The summed E-state index contributed by atoms with van der Waals surface area (Å²) >= 11 is 3.44. The van der Waals surface area contributed by atoms with Crippen LogP contribution < -0.4 is 0 Å². The summed E-state index contributed by atoms with van der Waals surface area (Å²) in [5, 5.41) is 0.921. The van der Waals surface area contributed by atoms with Crippen molar-refractivity contribution in [1.82, 2.24) is 0 Å². The zero-order valence-corrected chi connectivity index (χ0v) is 9.69. The molecule has 1 saturated carbocycles. The Morgan fingerprint density at radius 1 is 1.42 bits per heavy atom. The highest BCUT2D eigenvalue weighted by Gasteiger charge is 2.20. The van der Waals surface area contributed by atoms with Crippen LogP contribution in [0.25, 0.3) is 0 Å². The van der Waals surface area contributed by atoms with Gasteiger partial charge in [0.1, 0.15) is 0 Å². The molecule has 1 rings (SSSR count). The molecule has 1 fully saturated rings. The Kier molecular flexibility index (Phi) is 4.04. The van der Waals surface area contributed by atoms with Crippen molar-refractivity contribution in [2.45, 2.75) is 45.1 Å². The number of rotatable bonds is 5. The Labute approximate surface area is 84.0 Å². The summed E-state index contributed by atoms with van der Waals surface area (Å²) in [6, 6.07) is 0. The molecule has 1 nitrogen and oxygen atoms in total. The Hall–Kier alpha value is 0.440. The maximum absolute atomic E-state index is 5.74. The second-order valence-electron chi connectivity index (χ2n) is 4.33. The lowest BCUT2D eigenvalue weighted by Gasteiger charge is -2.28. The molecule has 0 aromatic heterocycles. The Bertz CT molecular complexity index is 130. The lowest BCUT2D eigenvalue weighted by molar-refractivity contribution is -0.00899. The molecule has 0 aliphatic heterocycles. The van der Waals surface area contributed by atoms with Crippen LogP contribution in [0.2, 0.25) is 0 Å². The van der Waals surface area contributed by atoms with E-state index < -0.39 is 0 Å². The molecule has 0 amide bonds. The smallest absolute Gasteiger partial charge is 0.0722 e. The van der Waals surface area contributed by atoms with E-state index in [-0.39, 0.29) is 5.60 Å². The van der Waals surface area contributed by atoms with Gasteiger partial charge in [-0.25, -0.2) is 0 Å². The number of halogens is 1. The van der Waals surface area contributed by atoms with Crippen molar-refractivity contribution < 1.29 is 4.74 Å². The number of hydrogen-bond acceptors (Lipinski definition) is 1. The molecular weight excluding hydrogens is 216 g/mol. The van der Waals surface area contributed by atoms with Crippen LogP contribution in [0.15, 0.2) is 0 Å². The van der Waals surface area contributed by atoms with Crippen molar-refractivity contribution in [3.05, 3.63) is 0 Å². The molecule has 72 valence electrons. The Morgan fingerprint density at radius 3 is 2.50 bits per heavy atom. The largest absolute Gasteiger partial charge is 0.375 e. The molecule has 1 aliphatic carbocycles. The van der Waals surface area contributed by atoms with Gasteiger partial charge in [0.2, 0.25) is 0 Å². The second kappa shape index (κ2) is 4.61. The quantitative estimate of drug-likeness (QED) is 0.664. The molecule has 0 aromatic rings. The monoisotopic (exact) mass is 234 g/mol. The van der Waals surface area contributed by atoms with Crippen LogP contribution in [0.3, 0.4) is 0 Å². The van der Waals surface area contributed by atoms with Crippen molar-refractivity contribution in [3.8, 4) is 0 Å². The van der Waals surface area contributed by atoms with Crippen molar-refractivity contribution in [2.24, 2.45) is 5.92 Å². The van der Waals surface area contributed by atoms with Crippen molar-refractivity contribution in [3.63, 3.8) is 0 Å². The fourth-order valence-corrected chi connectivity index (χ4v) is 1.48. The van der Waals surface area contributed by atoms with Gasteiger partial charge in [0.15, 0.2) is 0 Å². The molecule has 0 radical (unpaired) electrons. The average molecular weight is 235 g/mol. The predicted molar refractivity (Wildman–Crippen MR) is 55.8 cm³/mol. The first kappa shape index (κ1) is 10.5. The first-order valence-corrected chi connectivity index (χ1v) is 5.96. The third-order valence-electron chi connectivity index (χ3n) is 2.57. The first-order valence-electron chi connectivity index (χ1n) is 4.84. The molecule has 0 aromatic carbocycles. The van der Waals surface area contributed by atoms with Crippen LogP contribution in [-0.2, 0) is 4.74 Å². The van der Waals surface area contributed by atoms with E-state index in [1.54, 1.807) is 0 Å². The minimum absolute atomic E-state index is 0.0176. The maximum atomic E-state index is 5.74. The van der Waals surface area contributed by atoms with Gasteiger partial charge in [-0.1, -0.05) is 35.2 Å². The summed E-state index contributed by atoms with van der Waals surface area (Å²) in [5.74, 6) is 0.969.